The van der Waals surface area contributed by atoms with Crippen molar-refractivity contribution in [2.45, 2.75) is 78.6 Å². The highest BCUT2D eigenvalue weighted by atomic mass is 32.2. The molecule has 0 unspecified atom stereocenters. The van der Waals surface area contributed by atoms with Crippen LogP contribution in [0.2, 0.25) is 0 Å². The number of ketones is 1. The molecule has 0 atom stereocenters. The second-order valence-corrected chi connectivity index (χ2v) is 20.4. The Morgan fingerprint density at radius 2 is 1.48 bits per heavy atom. The molecule has 4 rings (SSSR count). The van der Waals surface area contributed by atoms with Crippen LogP contribution < -0.4 is 10.2 Å². The molecule has 0 bridgehead atoms. The Kier molecular flexibility index (Phi) is 18.6. The molecule has 0 aromatic heterocycles. The van der Waals surface area contributed by atoms with E-state index in [2.05, 4.69) is 5.32 Å². The van der Waals surface area contributed by atoms with E-state index in [-0.39, 0.29) is 62.3 Å². The lowest BCUT2D eigenvalue weighted by Gasteiger charge is -2.27. The Morgan fingerprint density at radius 3 is 2.03 bits per heavy atom. The van der Waals surface area contributed by atoms with Crippen LogP contribution in [0, 0.1) is 0 Å². The first-order valence-electron chi connectivity index (χ1n) is 19.0. The minimum Gasteiger partial charge on any atom is -0.748 e. The first-order chi connectivity index (χ1) is 28.5. The number of rotatable bonds is 19. The number of carbonyl (C=O) groups is 3. The summed E-state index contributed by atoms with van der Waals surface area (Å²) in [6.45, 7) is 9.06. The van der Waals surface area contributed by atoms with Gasteiger partial charge in [0.25, 0.3) is 26.1 Å². The fraction of sp³-hybridized carbons (Fsp3) is 0.450. The SMILES string of the molecule is C.CCCC(=O)c1cc(C(=O)NCCS(=O)(=O)O)c2c(c1)N(CCCS(=O)(=O)[O-])C(=CC=CC=CC1=[N+](CCCS(=O)(=O)O)c3ccc(C(=O)O)cc3C1(C)C)C2(C)C.O=S(=O)=O. The Hall–Kier alpha value is -4.91. The summed E-state index contributed by atoms with van der Waals surface area (Å²) in [5.41, 5.74) is 2.25. The quantitative estimate of drug-likeness (QED) is 0.0669. The number of aromatic carboxylic acids is 1. The molecule has 0 spiro atoms. The molecular formula is C40H53N3O16S4. The molecule has 2 aromatic rings. The number of Topliss-reactive ketones (excluding diaryl/α,β-unsaturated/α-hetero) is 1. The zero-order chi connectivity index (χ0) is 47.0. The highest BCUT2D eigenvalue weighted by Crippen LogP contribution is 2.50. The van der Waals surface area contributed by atoms with Gasteiger partial charge in [0.2, 0.25) is 5.69 Å². The minimum absolute atomic E-state index is 0. The number of nitrogens with zero attached hydrogens (tertiary/aromatic N) is 2. The van der Waals surface area contributed by atoms with Crippen LogP contribution in [0.5, 0.6) is 0 Å². The van der Waals surface area contributed by atoms with Gasteiger partial charge in [-0.15, -0.1) is 12.6 Å². The van der Waals surface area contributed by atoms with Crippen molar-refractivity contribution in [1.29, 1.82) is 0 Å². The molecule has 2 heterocycles. The lowest BCUT2D eigenvalue weighted by molar-refractivity contribution is -0.437. The number of fused-ring (bicyclic) bond motifs is 2. The largest absolute Gasteiger partial charge is 0.748 e. The first-order valence-corrected chi connectivity index (χ1v) is 24.8. The van der Waals surface area contributed by atoms with Crippen molar-refractivity contribution in [1.82, 2.24) is 5.32 Å². The van der Waals surface area contributed by atoms with E-state index in [0.29, 0.717) is 34.6 Å². The standard InChI is InChI=1S/C39H49N3O13S3.CH4.O3S/c1-6-12-32(43)27-23-28(36(44)40-17-22-58(53,54)55)35-31(25-27)42(19-11-21-57(50,51)52)34(39(35,4)5)14-9-7-8-13-33-38(2,3)29-24-26(37(45)46)15-16-30(29)41(33)18-10-20-56(47,48)49;;1-4(2)3/h7-9,13-16,23-25H,6,10-12,17-22H2,1-5H3,(H4-,40,44,45,46,47,48,49,50,51,52,53,54,55);1H4;. The number of hydrogen-bond acceptors (Lipinski definition) is 14. The van der Waals surface area contributed by atoms with Crippen molar-refractivity contribution in [2.24, 2.45) is 0 Å². The first kappa shape index (κ1) is 54.2. The smallest absolute Gasteiger partial charge is 0.425 e. The third kappa shape index (κ3) is 14.8. The minimum atomic E-state index is -4.58. The maximum atomic E-state index is 13.7. The number of hydrogen-bond donors (Lipinski definition) is 4. The van der Waals surface area contributed by atoms with Crippen LogP contribution >= 0.6 is 0 Å². The van der Waals surface area contributed by atoms with E-state index in [1.807, 2.05) is 39.2 Å². The van der Waals surface area contributed by atoms with Crippen LogP contribution in [0.1, 0.15) is 110 Å². The number of anilines is 1. The lowest BCUT2D eigenvalue weighted by atomic mass is 9.80. The van der Waals surface area contributed by atoms with Crippen LogP contribution in [0.15, 0.2) is 66.4 Å². The summed E-state index contributed by atoms with van der Waals surface area (Å²) in [6, 6.07) is 7.74. The van der Waals surface area contributed by atoms with E-state index in [4.69, 9.17) is 12.6 Å². The van der Waals surface area contributed by atoms with Gasteiger partial charge in [0.15, 0.2) is 11.5 Å². The fourth-order valence-electron chi connectivity index (χ4n) is 7.44. The number of carboxylic acid groups (broad SMARTS) is 1. The summed E-state index contributed by atoms with van der Waals surface area (Å²) in [7, 11) is -16.3. The van der Waals surface area contributed by atoms with Gasteiger partial charge in [0.05, 0.1) is 32.6 Å². The van der Waals surface area contributed by atoms with Gasteiger partial charge in [0, 0.05) is 82.9 Å². The molecule has 0 saturated carbocycles. The normalized spacial score (nSPS) is 16.1. The molecule has 19 nitrogen and oxygen atoms in total. The number of nitrogens with one attached hydrogen (secondary N) is 1. The van der Waals surface area contributed by atoms with Crippen molar-refractivity contribution in [3.8, 4) is 0 Å². The molecule has 63 heavy (non-hydrogen) atoms. The van der Waals surface area contributed by atoms with Crippen LogP contribution in [0.25, 0.3) is 0 Å². The topological polar surface area (TPSA) is 307 Å². The molecule has 0 fully saturated rings. The molecule has 0 radical (unpaired) electrons. The van der Waals surface area contributed by atoms with Gasteiger partial charge in [-0.1, -0.05) is 46.4 Å². The molecule has 0 saturated heterocycles. The zero-order valence-corrected chi connectivity index (χ0v) is 37.8. The molecular weight excluding hydrogens is 907 g/mol. The highest BCUT2D eigenvalue weighted by molar-refractivity contribution is 7.86. The maximum Gasteiger partial charge on any atom is 0.425 e. The summed E-state index contributed by atoms with van der Waals surface area (Å²) >= 11 is 0. The van der Waals surface area contributed by atoms with Crippen molar-refractivity contribution in [3.05, 3.63) is 94.2 Å². The van der Waals surface area contributed by atoms with Gasteiger partial charge in [-0.3, -0.25) is 18.7 Å². The number of carbonyl (C=O) groups excluding carboxylic acids is 2. The predicted molar refractivity (Wildman–Crippen MR) is 234 cm³/mol. The Morgan fingerprint density at radius 1 is 0.857 bits per heavy atom. The van der Waals surface area contributed by atoms with E-state index < -0.39 is 87.5 Å². The number of amides is 1. The molecule has 2 aromatic carbocycles. The lowest BCUT2D eigenvalue weighted by Crippen LogP contribution is -2.31. The van der Waals surface area contributed by atoms with Crippen molar-refractivity contribution in [3.63, 3.8) is 0 Å². The molecule has 348 valence electrons. The van der Waals surface area contributed by atoms with Crippen LogP contribution in [-0.4, -0.2) is 121 Å². The molecule has 23 heteroatoms. The predicted octanol–water partition coefficient (Wildman–Crippen LogP) is 4.00. The van der Waals surface area contributed by atoms with Gasteiger partial charge >= 0.3 is 16.6 Å². The molecule has 2 aliphatic heterocycles. The molecule has 2 aliphatic rings. The monoisotopic (exact) mass is 959 g/mol. The van der Waals surface area contributed by atoms with Crippen LogP contribution in [0.3, 0.4) is 0 Å². The van der Waals surface area contributed by atoms with Gasteiger partial charge in [-0.25, -0.2) is 13.2 Å². The van der Waals surface area contributed by atoms with E-state index in [0.717, 1.165) is 5.71 Å². The third-order valence-electron chi connectivity index (χ3n) is 10.1. The third-order valence-corrected chi connectivity index (χ3v) is 12.4. The van der Waals surface area contributed by atoms with Crippen molar-refractivity contribution >= 4 is 75.7 Å². The molecule has 1 amide bonds. The zero-order valence-electron chi connectivity index (χ0n) is 34.5. The highest BCUT2D eigenvalue weighted by Gasteiger charge is 2.45. The van der Waals surface area contributed by atoms with Gasteiger partial charge in [0.1, 0.15) is 6.54 Å². The summed E-state index contributed by atoms with van der Waals surface area (Å²) in [5.74, 6) is -3.96. The van der Waals surface area contributed by atoms with Crippen LogP contribution in [-0.2, 0) is 51.8 Å². The number of allylic oxidation sites excluding steroid dienone is 6. The van der Waals surface area contributed by atoms with E-state index in [1.165, 1.54) is 12.1 Å². The fourth-order valence-corrected chi connectivity index (χ4v) is 8.78. The Bertz CT molecular complexity index is 2680. The van der Waals surface area contributed by atoms with E-state index in [1.54, 1.807) is 53.5 Å². The average Bonchev–Trinajstić information content (AvgIpc) is 3.47. The maximum absolute atomic E-state index is 13.7. The van der Waals surface area contributed by atoms with E-state index >= 15 is 0 Å². The van der Waals surface area contributed by atoms with Crippen molar-refractivity contribution in [2.75, 3.05) is 41.8 Å². The number of carboxylic acids is 1. The Balaban J connectivity index is 0.00000261. The second-order valence-electron chi connectivity index (χ2n) is 15.4. The average molecular weight is 960 g/mol. The van der Waals surface area contributed by atoms with Crippen molar-refractivity contribution < 1.29 is 75.6 Å². The van der Waals surface area contributed by atoms with Crippen LogP contribution in [0.4, 0.5) is 11.4 Å². The summed E-state index contributed by atoms with van der Waals surface area (Å²) in [5, 5.41) is 12.1. The molecule has 0 aliphatic carbocycles. The van der Waals surface area contributed by atoms with Gasteiger partial charge in [-0.05, 0) is 57.0 Å². The Labute approximate surface area is 369 Å². The summed E-state index contributed by atoms with van der Waals surface area (Å²) in [6.07, 6.45) is 9.35. The molecule has 4 N–H and O–H groups in total. The van der Waals surface area contributed by atoms with Gasteiger partial charge < -0.3 is 19.9 Å². The summed E-state index contributed by atoms with van der Waals surface area (Å²) in [4.78, 5) is 40.4. The second kappa shape index (κ2) is 21.6. The van der Waals surface area contributed by atoms with E-state index in [9.17, 15) is 58.4 Å². The van der Waals surface area contributed by atoms with Gasteiger partial charge in [-0.2, -0.15) is 21.4 Å². The number of benzene rings is 2. The summed E-state index contributed by atoms with van der Waals surface area (Å²) < 4.78 is 126.